The highest BCUT2D eigenvalue weighted by atomic mass is 127. The Kier molecular flexibility index (Phi) is 8.00. The molecule has 0 bridgehead atoms. The van der Waals surface area contributed by atoms with Crippen LogP contribution in [0.1, 0.15) is 19.3 Å². The highest BCUT2D eigenvalue weighted by molar-refractivity contribution is 14.0. The molecule has 1 fully saturated rings. The van der Waals surface area contributed by atoms with E-state index in [1.807, 2.05) is 29.2 Å². The number of rotatable bonds is 5. The summed E-state index contributed by atoms with van der Waals surface area (Å²) >= 11 is 0. The van der Waals surface area contributed by atoms with Crippen LogP contribution in [-0.2, 0) is 4.79 Å². The molecule has 0 aliphatic carbocycles. The SMILES string of the molecule is COc1cccc(NC(N)=NCCC(=O)N2CCCC2)c1.I. The summed E-state index contributed by atoms with van der Waals surface area (Å²) < 4.78 is 5.14. The minimum absolute atomic E-state index is 0. The summed E-state index contributed by atoms with van der Waals surface area (Å²) in [4.78, 5) is 17.9. The van der Waals surface area contributed by atoms with E-state index in [0.717, 1.165) is 37.4 Å². The predicted octanol–water partition coefficient (Wildman–Crippen LogP) is 2.05. The Morgan fingerprint density at radius 3 is 2.82 bits per heavy atom. The van der Waals surface area contributed by atoms with Crippen molar-refractivity contribution in [3.63, 3.8) is 0 Å². The molecule has 2 rings (SSSR count). The number of carbonyl (C=O) groups is 1. The van der Waals surface area contributed by atoms with E-state index in [-0.39, 0.29) is 29.9 Å². The number of benzene rings is 1. The number of nitrogens with one attached hydrogen (secondary N) is 1. The number of likely N-dealkylation sites (tertiary alicyclic amines) is 1. The van der Waals surface area contributed by atoms with Crippen LogP contribution in [0, 0.1) is 0 Å². The number of carbonyl (C=O) groups excluding carboxylic acids is 1. The van der Waals surface area contributed by atoms with Crippen LogP contribution >= 0.6 is 24.0 Å². The lowest BCUT2D eigenvalue weighted by atomic mass is 10.3. The van der Waals surface area contributed by atoms with Crippen LogP contribution in [0.2, 0.25) is 0 Å². The molecule has 1 amide bonds. The van der Waals surface area contributed by atoms with Crippen molar-refractivity contribution in [1.29, 1.82) is 0 Å². The number of hydrogen-bond acceptors (Lipinski definition) is 3. The van der Waals surface area contributed by atoms with Gasteiger partial charge in [0.25, 0.3) is 0 Å². The van der Waals surface area contributed by atoms with Gasteiger partial charge in [-0.3, -0.25) is 9.79 Å². The number of methoxy groups -OCH3 is 1. The fraction of sp³-hybridized carbons (Fsp3) is 0.467. The Bertz CT molecular complexity index is 516. The molecule has 1 aromatic carbocycles. The highest BCUT2D eigenvalue weighted by Crippen LogP contribution is 2.16. The summed E-state index contributed by atoms with van der Waals surface area (Å²) in [6.07, 6.45) is 2.61. The van der Waals surface area contributed by atoms with E-state index >= 15 is 0 Å². The first-order valence-corrected chi connectivity index (χ1v) is 7.18. The Balaban J connectivity index is 0.00000242. The molecule has 6 nitrogen and oxygen atoms in total. The van der Waals surface area contributed by atoms with Crippen LogP contribution in [0.4, 0.5) is 5.69 Å². The summed E-state index contributed by atoms with van der Waals surface area (Å²) in [5, 5.41) is 2.98. The number of anilines is 1. The molecule has 1 aliphatic rings. The van der Waals surface area contributed by atoms with E-state index in [9.17, 15) is 4.79 Å². The molecule has 0 atom stereocenters. The zero-order valence-electron chi connectivity index (χ0n) is 12.7. The van der Waals surface area contributed by atoms with Crippen molar-refractivity contribution in [1.82, 2.24) is 4.90 Å². The van der Waals surface area contributed by atoms with E-state index in [1.54, 1.807) is 7.11 Å². The number of amides is 1. The number of hydrogen-bond donors (Lipinski definition) is 2. The highest BCUT2D eigenvalue weighted by Gasteiger charge is 2.16. The fourth-order valence-corrected chi connectivity index (χ4v) is 2.28. The molecule has 1 aromatic rings. The maximum Gasteiger partial charge on any atom is 0.224 e. The number of halogens is 1. The number of guanidine groups is 1. The summed E-state index contributed by atoms with van der Waals surface area (Å²) in [5.74, 6) is 1.21. The number of nitrogens with two attached hydrogens (primary N) is 1. The topological polar surface area (TPSA) is 80.0 Å². The first-order chi connectivity index (χ1) is 10.2. The molecule has 0 aromatic heterocycles. The molecule has 0 unspecified atom stereocenters. The lowest BCUT2D eigenvalue weighted by molar-refractivity contribution is -0.129. The van der Waals surface area contributed by atoms with Crippen molar-refractivity contribution in [2.24, 2.45) is 10.7 Å². The quantitative estimate of drug-likeness (QED) is 0.436. The van der Waals surface area contributed by atoms with Crippen molar-refractivity contribution in [3.05, 3.63) is 24.3 Å². The second kappa shape index (κ2) is 9.50. The molecule has 0 radical (unpaired) electrons. The Hall–Kier alpha value is -1.51. The molecule has 7 heteroatoms. The molecule has 0 saturated carbocycles. The van der Waals surface area contributed by atoms with Crippen LogP contribution in [-0.4, -0.2) is 43.5 Å². The van der Waals surface area contributed by atoms with Gasteiger partial charge in [-0.15, -0.1) is 24.0 Å². The maximum atomic E-state index is 11.8. The first kappa shape index (κ1) is 18.5. The minimum Gasteiger partial charge on any atom is -0.497 e. The van der Waals surface area contributed by atoms with E-state index in [4.69, 9.17) is 10.5 Å². The van der Waals surface area contributed by atoms with Crippen molar-refractivity contribution in [2.45, 2.75) is 19.3 Å². The van der Waals surface area contributed by atoms with Gasteiger partial charge >= 0.3 is 0 Å². The largest absolute Gasteiger partial charge is 0.497 e. The normalized spacial score (nSPS) is 14.4. The molecular formula is C15H23IN4O2. The van der Waals surface area contributed by atoms with Crippen molar-refractivity contribution in [2.75, 3.05) is 32.1 Å². The van der Waals surface area contributed by atoms with Crippen molar-refractivity contribution >= 4 is 41.5 Å². The molecule has 0 spiro atoms. The number of aliphatic imine (C=N–C) groups is 1. The standard InChI is InChI=1S/C15H22N4O2.HI/c1-21-13-6-4-5-12(11-13)18-15(16)17-8-7-14(20)19-9-2-3-10-19;/h4-6,11H,2-3,7-10H2,1H3,(H3,16,17,18);1H. The zero-order chi connectivity index (χ0) is 15.1. The first-order valence-electron chi connectivity index (χ1n) is 7.18. The van der Waals surface area contributed by atoms with Crippen molar-refractivity contribution in [3.8, 4) is 5.75 Å². The van der Waals surface area contributed by atoms with Gasteiger partial charge in [-0.05, 0) is 25.0 Å². The van der Waals surface area contributed by atoms with Gasteiger partial charge in [0.1, 0.15) is 5.75 Å². The molecule has 1 aliphatic heterocycles. The minimum atomic E-state index is 0. The van der Waals surface area contributed by atoms with Crippen LogP contribution < -0.4 is 15.8 Å². The summed E-state index contributed by atoms with van der Waals surface area (Å²) in [7, 11) is 1.61. The third kappa shape index (κ3) is 5.70. The van der Waals surface area contributed by atoms with Gasteiger partial charge < -0.3 is 20.7 Å². The van der Waals surface area contributed by atoms with Gasteiger partial charge in [0.15, 0.2) is 5.96 Å². The molecule has 1 saturated heterocycles. The molecule has 1 heterocycles. The summed E-state index contributed by atoms with van der Waals surface area (Å²) in [6, 6.07) is 7.43. The van der Waals surface area contributed by atoms with Gasteiger partial charge in [-0.1, -0.05) is 6.07 Å². The average Bonchev–Trinajstić information content (AvgIpc) is 3.01. The average molecular weight is 418 g/mol. The zero-order valence-corrected chi connectivity index (χ0v) is 15.1. The van der Waals surface area contributed by atoms with Gasteiger partial charge in [-0.2, -0.15) is 0 Å². The van der Waals surface area contributed by atoms with Crippen LogP contribution in [0.5, 0.6) is 5.75 Å². The lowest BCUT2D eigenvalue weighted by Crippen LogP contribution is -2.28. The van der Waals surface area contributed by atoms with E-state index in [0.29, 0.717) is 18.9 Å². The van der Waals surface area contributed by atoms with Crippen LogP contribution in [0.25, 0.3) is 0 Å². The van der Waals surface area contributed by atoms with E-state index in [1.165, 1.54) is 0 Å². The Morgan fingerprint density at radius 2 is 2.14 bits per heavy atom. The van der Waals surface area contributed by atoms with Gasteiger partial charge in [-0.25, -0.2) is 0 Å². The van der Waals surface area contributed by atoms with Gasteiger partial charge in [0, 0.05) is 31.3 Å². The number of ether oxygens (including phenoxy) is 1. The lowest BCUT2D eigenvalue weighted by Gasteiger charge is -2.14. The third-order valence-corrected chi connectivity index (χ3v) is 3.41. The molecule has 22 heavy (non-hydrogen) atoms. The summed E-state index contributed by atoms with van der Waals surface area (Å²) in [5.41, 5.74) is 6.62. The van der Waals surface area contributed by atoms with Crippen LogP contribution in [0.3, 0.4) is 0 Å². The molecule has 3 N–H and O–H groups in total. The molecular weight excluding hydrogens is 395 g/mol. The fourth-order valence-electron chi connectivity index (χ4n) is 2.28. The molecule has 122 valence electrons. The maximum absolute atomic E-state index is 11.8. The van der Waals surface area contributed by atoms with Crippen LogP contribution in [0.15, 0.2) is 29.3 Å². The monoisotopic (exact) mass is 418 g/mol. The third-order valence-electron chi connectivity index (χ3n) is 3.41. The van der Waals surface area contributed by atoms with Gasteiger partial charge in [0.2, 0.25) is 5.91 Å². The van der Waals surface area contributed by atoms with Gasteiger partial charge in [0.05, 0.1) is 13.7 Å². The van der Waals surface area contributed by atoms with E-state index in [2.05, 4.69) is 10.3 Å². The predicted molar refractivity (Wildman–Crippen MR) is 99.0 cm³/mol. The van der Waals surface area contributed by atoms with Crippen molar-refractivity contribution < 1.29 is 9.53 Å². The smallest absolute Gasteiger partial charge is 0.224 e. The van der Waals surface area contributed by atoms with E-state index < -0.39 is 0 Å². The summed E-state index contributed by atoms with van der Waals surface area (Å²) in [6.45, 7) is 2.15. The number of nitrogens with zero attached hydrogens (tertiary/aromatic N) is 2. The second-order valence-electron chi connectivity index (χ2n) is 4.96. The Labute approximate surface area is 148 Å². The Morgan fingerprint density at radius 1 is 1.41 bits per heavy atom. The second-order valence-corrected chi connectivity index (χ2v) is 4.96.